The average Bonchev–Trinajstić information content (AvgIpc) is 1.87. The van der Waals surface area contributed by atoms with Crippen molar-refractivity contribution in [3.63, 3.8) is 0 Å². The Morgan fingerprint density at radius 3 is 2.09 bits per heavy atom. The lowest BCUT2D eigenvalue weighted by molar-refractivity contribution is 0.0268. The lowest BCUT2D eigenvalue weighted by Crippen LogP contribution is -2.64. The highest BCUT2D eigenvalue weighted by molar-refractivity contribution is 5.04. The fourth-order valence-electron chi connectivity index (χ4n) is 1.96. The Morgan fingerprint density at radius 2 is 1.82 bits per heavy atom. The van der Waals surface area contributed by atoms with Crippen LogP contribution in [0.5, 0.6) is 0 Å². The predicted octanol–water partition coefficient (Wildman–Crippen LogP) is 0.984. The standard InChI is InChI=1S/C7H14N2.C2H6/c1-8-6-2-7(3-6)4-9-5-7;1-2/h6,8-9H,2-5H2,1H3;1-2H3. The minimum Gasteiger partial charge on any atom is -0.317 e. The van der Waals surface area contributed by atoms with Gasteiger partial charge in [-0.25, -0.2) is 0 Å². The number of rotatable bonds is 1. The normalized spacial score (nSPS) is 26.5. The fraction of sp³-hybridized carbons (Fsp3) is 1.00. The summed E-state index contributed by atoms with van der Waals surface area (Å²) in [7, 11) is 2.06. The van der Waals surface area contributed by atoms with Gasteiger partial charge >= 0.3 is 0 Å². The monoisotopic (exact) mass is 156 g/mol. The highest BCUT2D eigenvalue weighted by atomic mass is 15.0. The van der Waals surface area contributed by atoms with Crippen LogP contribution in [0.3, 0.4) is 0 Å². The summed E-state index contributed by atoms with van der Waals surface area (Å²) in [5, 5.41) is 6.62. The van der Waals surface area contributed by atoms with E-state index in [9.17, 15) is 0 Å². The van der Waals surface area contributed by atoms with Crippen LogP contribution in [0.2, 0.25) is 0 Å². The molecule has 0 radical (unpaired) electrons. The summed E-state index contributed by atoms with van der Waals surface area (Å²) in [6, 6.07) is 0.826. The first kappa shape index (κ1) is 9.01. The summed E-state index contributed by atoms with van der Waals surface area (Å²) in [6.45, 7) is 6.54. The fourth-order valence-corrected chi connectivity index (χ4v) is 1.96. The molecule has 2 heteroatoms. The molecule has 1 aliphatic carbocycles. The van der Waals surface area contributed by atoms with Gasteiger partial charge in [-0.2, -0.15) is 0 Å². The maximum absolute atomic E-state index is 3.32. The van der Waals surface area contributed by atoms with Crippen LogP contribution >= 0.6 is 0 Å². The maximum atomic E-state index is 3.32. The van der Waals surface area contributed by atoms with E-state index < -0.39 is 0 Å². The molecule has 0 atom stereocenters. The van der Waals surface area contributed by atoms with Gasteiger partial charge in [0.05, 0.1) is 0 Å². The van der Waals surface area contributed by atoms with Crippen LogP contribution in [0, 0.1) is 5.41 Å². The van der Waals surface area contributed by atoms with E-state index in [2.05, 4.69) is 17.7 Å². The second kappa shape index (κ2) is 3.55. The van der Waals surface area contributed by atoms with Gasteiger partial charge in [0.1, 0.15) is 0 Å². The molecule has 1 saturated carbocycles. The Balaban J connectivity index is 0.000000281. The molecule has 1 saturated heterocycles. The van der Waals surface area contributed by atoms with Gasteiger partial charge in [0.15, 0.2) is 0 Å². The maximum Gasteiger partial charge on any atom is 0.00765 e. The Kier molecular flexibility index (Phi) is 2.90. The quantitative estimate of drug-likeness (QED) is 0.591. The van der Waals surface area contributed by atoms with E-state index in [0.717, 1.165) is 11.5 Å². The highest BCUT2D eigenvalue weighted by Gasteiger charge is 2.47. The summed E-state index contributed by atoms with van der Waals surface area (Å²) >= 11 is 0. The van der Waals surface area contributed by atoms with Crippen molar-refractivity contribution >= 4 is 0 Å². The molecule has 0 amide bonds. The van der Waals surface area contributed by atoms with Gasteiger partial charge in [0.25, 0.3) is 0 Å². The molecular formula is C9H20N2. The Bertz CT molecular complexity index is 111. The summed E-state index contributed by atoms with van der Waals surface area (Å²) in [6.07, 6.45) is 2.80. The zero-order chi connectivity index (χ0) is 8.32. The van der Waals surface area contributed by atoms with Gasteiger partial charge in [-0.1, -0.05) is 13.8 Å². The molecule has 0 aromatic carbocycles. The van der Waals surface area contributed by atoms with E-state index in [1.807, 2.05) is 13.8 Å². The molecule has 2 rings (SSSR count). The molecular weight excluding hydrogens is 136 g/mol. The van der Waals surface area contributed by atoms with Crippen molar-refractivity contribution in [1.29, 1.82) is 0 Å². The van der Waals surface area contributed by atoms with Gasteiger partial charge < -0.3 is 10.6 Å². The molecule has 2 nitrogen and oxygen atoms in total. The van der Waals surface area contributed by atoms with E-state index in [1.165, 1.54) is 25.9 Å². The van der Waals surface area contributed by atoms with Crippen molar-refractivity contribution in [1.82, 2.24) is 10.6 Å². The summed E-state index contributed by atoms with van der Waals surface area (Å²) in [4.78, 5) is 0. The van der Waals surface area contributed by atoms with Crippen molar-refractivity contribution in [2.45, 2.75) is 32.7 Å². The van der Waals surface area contributed by atoms with E-state index >= 15 is 0 Å². The first-order valence-electron chi connectivity index (χ1n) is 4.73. The molecule has 0 bridgehead atoms. The van der Waals surface area contributed by atoms with Crippen molar-refractivity contribution in [3.05, 3.63) is 0 Å². The van der Waals surface area contributed by atoms with Crippen LogP contribution in [0.4, 0.5) is 0 Å². The number of hydrogen-bond donors (Lipinski definition) is 2. The molecule has 66 valence electrons. The first-order chi connectivity index (χ1) is 5.35. The average molecular weight is 156 g/mol. The van der Waals surface area contributed by atoms with Crippen LogP contribution in [0.1, 0.15) is 26.7 Å². The SMILES string of the molecule is CC.CNC1CC2(CNC2)C1. The lowest BCUT2D eigenvalue weighted by atomic mass is 9.62. The van der Waals surface area contributed by atoms with E-state index in [1.54, 1.807) is 0 Å². The smallest absolute Gasteiger partial charge is 0.00765 e. The zero-order valence-corrected chi connectivity index (χ0v) is 7.91. The molecule has 1 heterocycles. The second-order valence-electron chi connectivity index (χ2n) is 3.50. The lowest BCUT2D eigenvalue weighted by Gasteiger charge is -2.54. The molecule has 2 N–H and O–H groups in total. The Labute approximate surface area is 69.8 Å². The van der Waals surface area contributed by atoms with Gasteiger partial charge in [0.2, 0.25) is 0 Å². The van der Waals surface area contributed by atoms with Gasteiger partial charge in [-0.05, 0) is 25.3 Å². The molecule has 1 spiro atoms. The van der Waals surface area contributed by atoms with E-state index in [0.29, 0.717) is 0 Å². The minimum absolute atomic E-state index is 0.744. The molecule has 11 heavy (non-hydrogen) atoms. The van der Waals surface area contributed by atoms with Gasteiger partial charge in [0, 0.05) is 19.1 Å². The highest BCUT2D eigenvalue weighted by Crippen LogP contribution is 2.43. The second-order valence-corrected chi connectivity index (χ2v) is 3.50. The van der Waals surface area contributed by atoms with Crippen LogP contribution in [-0.4, -0.2) is 26.2 Å². The van der Waals surface area contributed by atoms with Crippen LogP contribution in [-0.2, 0) is 0 Å². The third-order valence-corrected chi connectivity index (χ3v) is 2.77. The molecule has 0 unspecified atom stereocenters. The summed E-state index contributed by atoms with van der Waals surface area (Å²) < 4.78 is 0. The molecule has 0 aromatic rings. The number of nitrogens with one attached hydrogen (secondary N) is 2. The molecule has 2 fully saturated rings. The number of hydrogen-bond acceptors (Lipinski definition) is 2. The molecule has 1 aliphatic heterocycles. The molecule has 0 aromatic heterocycles. The Hall–Kier alpha value is -0.0800. The van der Waals surface area contributed by atoms with E-state index in [-0.39, 0.29) is 0 Å². The van der Waals surface area contributed by atoms with Crippen LogP contribution < -0.4 is 10.6 Å². The minimum atomic E-state index is 0.744. The zero-order valence-electron chi connectivity index (χ0n) is 7.91. The van der Waals surface area contributed by atoms with Crippen LogP contribution in [0.15, 0.2) is 0 Å². The molecule has 2 aliphatic rings. The van der Waals surface area contributed by atoms with Crippen molar-refractivity contribution in [2.75, 3.05) is 20.1 Å². The topological polar surface area (TPSA) is 24.1 Å². The van der Waals surface area contributed by atoms with Gasteiger partial charge in [-0.3, -0.25) is 0 Å². The largest absolute Gasteiger partial charge is 0.317 e. The van der Waals surface area contributed by atoms with E-state index in [4.69, 9.17) is 0 Å². The van der Waals surface area contributed by atoms with Crippen molar-refractivity contribution in [3.8, 4) is 0 Å². The third-order valence-electron chi connectivity index (χ3n) is 2.77. The summed E-state index contributed by atoms with van der Waals surface area (Å²) in [5.41, 5.74) is 0.744. The summed E-state index contributed by atoms with van der Waals surface area (Å²) in [5.74, 6) is 0. The Morgan fingerprint density at radius 1 is 1.27 bits per heavy atom. The third kappa shape index (κ3) is 1.57. The van der Waals surface area contributed by atoms with Crippen molar-refractivity contribution in [2.24, 2.45) is 5.41 Å². The van der Waals surface area contributed by atoms with Crippen LogP contribution in [0.25, 0.3) is 0 Å². The first-order valence-corrected chi connectivity index (χ1v) is 4.73. The predicted molar refractivity (Wildman–Crippen MR) is 48.7 cm³/mol. The van der Waals surface area contributed by atoms with Crippen molar-refractivity contribution < 1.29 is 0 Å². The van der Waals surface area contributed by atoms with Gasteiger partial charge in [-0.15, -0.1) is 0 Å².